The molecule has 5 heteroatoms. The number of aromatic nitrogens is 2. The van der Waals surface area contributed by atoms with Crippen LogP contribution in [0.5, 0.6) is 0 Å². The SMILES string of the molecule is Nc1ccncc1C(=O)Nc1cnc2ccccc2c1. The van der Waals surface area contributed by atoms with Crippen molar-refractivity contribution in [3.8, 4) is 0 Å². The van der Waals surface area contributed by atoms with E-state index in [2.05, 4.69) is 15.3 Å². The molecule has 1 amide bonds. The van der Waals surface area contributed by atoms with Crippen molar-refractivity contribution in [3.05, 3.63) is 60.6 Å². The summed E-state index contributed by atoms with van der Waals surface area (Å²) in [6.07, 6.45) is 4.61. The van der Waals surface area contributed by atoms with Crippen LogP contribution in [0.4, 0.5) is 11.4 Å². The summed E-state index contributed by atoms with van der Waals surface area (Å²) in [6, 6.07) is 11.2. The van der Waals surface area contributed by atoms with Gasteiger partial charge in [0.2, 0.25) is 0 Å². The summed E-state index contributed by atoms with van der Waals surface area (Å²) in [5, 5.41) is 3.73. The molecule has 0 saturated heterocycles. The second kappa shape index (κ2) is 4.97. The Hall–Kier alpha value is -2.95. The molecule has 2 aromatic heterocycles. The molecule has 2 heterocycles. The molecule has 0 unspecified atom stereocenters. The van der Waals surface area contributed by atoms with Crippen molar-refractivity contribution in [1.82, 2.24) is 9.97 Å². The zero-order valence-electron chi connectivity index (χ0n) is 10.6. The van der Waals surface area contributed by atoms with Crippen molar-refractivity contribution in [1.29, 1.82) is 0 Å². The topological polar surface area (TPSA) is 80.9 Å². The van der Waals surface area contributed by atoms with Gasteiger partial charge in [-0.3, -0.25) is 14.8 Å². The van der Waals surface area contributed by atoms with Crippen LogP contribution < -0.4 is 11.1 Å². The first-order valence-corrected chi connectivity index (χ1v) is 6.10. The maximum absolute atomic E-state index is 12.1. The lowest BCUT2D eigenvalue weighted by molar-refractivity contribution is 0.102. The fourth-order valence-electron chi connectivity index (χ4n) is 1.93. The minimum atomic E-state index is -0.298. The monoisotopic (exact) mass is 264 g/mol. The number of amides is 1. The van der Waals surface area contributed by atoms with Gasteiger partial charge in [0.15, 0.2) is 0 Å². The molecular formula is C15H12N4O. The number of hydrogen-bond donors (Lipinski definition) is 2. The quantitative estimate of drug-likeness (QED) is 0.745. The molecule has 0 atom stereocenters. The minimum absolute atomic E-state index is 0.298. The highest BCUT2D eigenvalue weighted by Gasteiger charge is 2.10. The molecule has 0 bridgehead atoms. The number of carbonyl (C=O) groups is 1. The number of rotatable bonds is 2. The number of para-hydroxylation sites is 1. The Kier molecular flexibility index (Phi) is 3.01. The third kappa shape index (κ3) is 2.29. The van der Waals surface area contributed by atoms with Gasteiger partial charge >= 0.3 is 0 Å². The lowest BCUT2D eigenvalue weighted by Crippen LogP contribution is -2.14. The fraction of sp³-hybridized carbons (Fsp3) is 0. The average molecular weight is 264 g/mol. The highest BCUT2D eigenvalue weighted by molar-refractivity contribution is 6.07. The van der Waals surface area contributed by atoms with Crippen LogP contribution in [-0.2, 0) is 0 Å². The van der Waals surface area contributed by atoms with E-state index in [0.29, 0.717) is 16.9 Å². The van der Waals surface area contributed by atoms with Gasteiger partial charge in [-0.1, -0.05) is 18.2 Å². The Labute approximate surface area is 115 Å². The number of carbonyl (C=O) groups excluding carboxylic acids is 1. The smallest absolute Gasteiger partial charge is 0.259 e. The van der Waals surface area contributed by atoms with Gasteiger partial charge in [-0.25, -0.2) is 0 Å². The first-order chi connectivity index (χ1) is 9.74. The molecule has 3 N–H and O–H groups in total. The zero-order chi connectivity index (χ0) is 13.9. The Bertz CT molecular complexity index is 785. The Balaban J connectivity index is 1.89. The number of fused-ring (bicyclic) bond motifs is 1. The van der Waals surface area contributed by atoms with E-state index in [9.17, 15) is 4.79 Å². The first kappa shape index (κ1) is 12.1. The highest BCUT2D eigenvalue weighted by atomic mass is 16.1. The number of nitrogens with zero attached hydrogens (tertiary/aromatic N) is 2. The molecule has 0 aliphatic heterocycles. The second-order valence-electron chi connectivity index (χ2n) is 4.33. The number of anilines is 2. The Morgan fingerprint density at radius 3 is 2.85 bits per heavy atom. The van der Waals surface area contributed by atoms with Crippen molar-refractivity contribution >= 4 is 28.2 Å². The predicted molar refractivity (Wildman–Crippen MR) is 78.3 cm³/mol. The van der Waals surface area contributed by atoms with Crippen LogP contribution in [0, 0.1) is 0 Å². The molecular weight excluding hydrogens is 252 g/mol. The third-order valence-corrected chi connectivity index (χ3v) is 2.95. The molecule has 0 aliphatic rings. The van der Waals surface area contributed by atoms with E-state index in [-0.39, 0.29) is 5.91 Å². The maximum atomic E-state index is 12.1. The largest absolute Gasteiger partial charge is 0.398 e. The molecule has 3 rings (SSSR count). The second-order valence-corrected chi connectivity index (χ2v) is 4.33. The molecule has 98 valence electrons. The maximum Gasteiger partial charge on any atom is 0.259 e. The molecule has 0 aliphatic carbocycles. The summed E-state index contributed by atoms with van der Waals surface area (Å²) in [5.41, 5.74) is 7.99. The molecule has 0 radical (unpaired) electrons. The van der Waals surface area contributed by atoms with E-state index in [1.54, 1.807) is 18.5 Å². The number of nitrogens with one attached hydrogen (secondary N) is 1. The number of benzene rings is 1. The van der Waals surface area contributed by atoms with E-state index in [1.165, 1.54) is 6.20 Å². The van der Waals surface area contributed by atoms with Crippen LogP contribution in [0.25, 0.3) is 10.9 Å². The van der Waals surface area contributed by atoms with Crippen LogP contribution in [0.2, 0.25) is 0 Å². The first-order valence-electron chi connectivity index (χ1n) is 6.10. The van der Waals surface area contributed by atoms with Gasteiger partial charge in [0.1, 0.15) is 0 Å². The van der Waals surface area contributed by atoms with Gasteiger partial charge in [0.25, 0.3) is 5.91 Å². The summed E-state index contributed by atoms with van der Waals surface area (Å²) >= 11 is 0. The van der Waals surface area contributed by atoms with Crippen molar-refractivity contribution in [2.24, 2.45) is 0 Å². The highest BCUT2D eigenvalue weighted by Crippen LogP contribution is 2.17. The number of nitrogens with two attached hydrogens (primary N) is 1. The van der Waals surface area contributed by atoms with E-state index in [0.717, 1.165) is 10.9 Å². The van der Waals surface area contributed by atoms with Gasteiger partial charge < -0.3 is 11.1 Å². The van der Waals surface area contributed by atoms with Crippen LogP contribution in [-0.4, -0.2) is 15.9 Å². The Morgan fingerprint density at radius 1 is 1.15 bits per heavy atom. The number of hydrogen-bond acceptors (Lipinski definition) is 4. The van der Waals surface area contributed by atoms with Crippen LogP contribution in [0.1, 0.15) is 10.4 Å². The van der Waals surface area contributed by atoms with Crippen LogP contribution >= 0.6 is 0 Å². The van der Waals surface area contributed by atoms with Crippen molar-refractivity contribution in [2.45, 2.75) is 0 Å². The van der Waals surface area contributed by atoms with Gasteiger partial charge in [0.05, 0.1) is 23.0 Å². The van der Waals surface area contributed by atoms with Gasteiger partial charge in [0, 0.05) is 23.5 Å². The standard InChI is InChI=1S/C15H12N4O/c16-13-5-6-17-9-12(13)15(20)19-11-7-10-3-1-2-4-14(10)18-8-11/h1-9H,(H2,16,17)(H,19,20). The molecule has 0 saturated carbocycles. The molecule has 3 aromatic rings. The van der Waals surface area contributed by atoms with Gasteiger partial charge in [-0.2, -0.15) is 0 Å². The summed E-state index contributed by atoms with van der Waals surface area (Å²) in [5.74, 6) is -0.298. The average Bonchev–Trinajstić information content (AvgIpc) is 2.47. The third-order valence-electron chi connectivity index (χ3n) is 2.95. The lowest BCUT2D eigenvalue weighted by Gasteiger charge is -2.07. The van der Waals surface area contributed by atoms with Crippen molar-refractivity contribution in [2.75, 3.05) is 11.1 Å². The van der Waals surface area contributed by atoms with E-state index in [1.807, 2.05) is 30.3 Å². The van der Waals surface area contributed by atoms with Crippen LogP contribution in [0.15, 0.2) is 55.0 Å². The molecule has 20 heavy (non-hydrogen) atoms. The predicted octanol–water partition coefficient (Wildman–Crippen LogP) is 2.46. The van der Waals surface area contributed by atoms with E-state index >= 15 is 0 Å². The lowest BCUT2D eigenvalue weighted by atomic mass is 10.2. The molecule has 0 fully saturated rings. The van der Waals surface area contributed by atoms with Gasteiger partial charge in [-0.05, 0) is 18.2 Å². The van der Waals surface area contributed by atoms with E-state index in [4.69, 9.17) is 5.73 Å². The molecule has 0 spiro atoms. The zero-order valence-corrected chi connectivity index (χ0v) is 10.6. The van der Waals surface area contributed by atoms with Crippen molar-refractivity contribution < 1.29 is 4.79 Å². The number of nitrogen functional groups attached to an aromatic ring is 1. The summed E-state index contributed by atoms with van der Waals surface area (Å²) in [7, 11) is 0. The molecule has 1 aromatic carbocycles. The summed E-state index contributed by atoms with van der Waals surface area (Å²) < 4.78 is 0. The van der Waals surface area contributed by atoms with Crippen molar-refractivity contribution in [3.63, 3.8) is 0 Å². The minimum Gasteiger partial charge on any atom is -0.398 e. The molecule has 5 nitrogen and oxygen atoms in total. The normalized spacial score (nSPS) is 10.4. The summed E-state index contributed by atoms with van der Waals surface area (Å²) in [6.45, 7) is 0. The number of pyridine rings is 2. The van der Waals surface area contributed by atoms with Crippen LogP contribution in [0.3, 0.4) is 0 Å². The Morgan fingerprint density at radius 2 is 2.00 bits per heavy atom. The summed E-state index contributed by atoms with van der Waals surface area (Å²) in [4.78, 5) is 20.3. The van der Waals surface area contributed by atoms with Gasteiger partial charge in [-0.15, -0.1) is 0 Å². The fourth-order valence-corrected chi connectivity index (χ4v) is 1.93. The van der Waals surface area contributed by atoms with E-state index < -0.39 is 0 Å².